The lowest BCUT2D eigenvalue weighted by Gasteiger charge is -2.19. The standard InChI is InChI=1S/C11H12O4/c1-11(2,7-12)15-9-5-3-8(4-6-9)10(13)14/h3-7H,1-2H3,(H,13,14). The Morgan fingerprint density at radius 1 is 1.33 bits per heavy atom. The fraction of sp³-hybridized carbons (Fsp3) is 0.273. The number of hydrogen-bond donors (Lipinski definition) is 1. The lowest BCUT2D eigenvalue weighted by molar-refractivity contribution is -0.119. The molecule has 1 aromatic carbocycles. The second-order valence-electron chi connectivity index (χ2n) is 3.65. The highest BCUT2D eigenvalue weighted by Gasteiger charge is 2.18. The van der Waals surface area contributed by atoms with E-state index >= 15 is 0 Å². The first-order valence-corrected chi connectivity index (χ1v) is 4.43. The summed E-state index contributed by atoms with van der Waals surface area (Å²) < 4.78 is 5.32. The van der Waals surface area contributed by atoms with Crippen molar-refractivity contribution in [2.75, 3.05) is 0 Å². The molecule has 0 spiro atoms. The molecule has 0 aliphatic heterocycles. The van der Waals surface area contributed by atoms with Gasteiger partial charge in [-0.1, -0.05) is 0 Å². The maximum Gasteiger partial charge on any atom is 0.335 e. The molecule has 80 valence electrons. The van der Waals surface area contributed by atoms with E-state index in [1.165, 1.54) is 24.3 Å². The smallest absolute Gasteiger partial charge is 0.335 e. The minimum Gasteiger partial charge on any atom is -0.480 e. The van der Waals surface area contributed by atoms with Crippen molar-refractivity contribution in [1.82, 2.24) is 0 Å². The molecule has 0 saturated carbocycles. The van der Waals surface area contributed by atoms with Crippen molar-refractivity contribution in [2.24, 2.45) is 0 Å². The molecule has 0 fully saturated rings. The lowest BCUT2D eigenvalue weighted by Crippen LogP contribution is -2.29. The SMILES string of the molecule is CC(C)(C=O)Oc1ccc(C(=O)O)cc1. The van der Waals surface area contributed by atoms with Crippen molar-refractivity contribution in [1.29, 1.82) is 0 Å². The Morgan fingerprint density at radius 3 is 2.27 bits per heavy atom. The number of ether oxygens (including phenoxy) is 1. The van der Waals surface area contributed by atoms with Gasteiger partial charge in [-0.25, -0.2) is 4.79 Å². The Kier molecular flexibility index (Phi) is 3.09. The molecule has 0 aromatic heterocycles. The van der Waals surface area contributed by atoms with Gasteiger partial charge < -0.3 is 9.84 Å². The van der Waals surface area contributed by atoms with Gasteiger partial charge in [-0.05, 0) is 38.1 Å². The molecule has 1 rings (SSSR count). The summed E-state index contributed by atoms with van der Waals surface area (Å²) in [6.07, 6.45) is 0.693. The molecule has 0 radical (unpaired) electrons. The van der Waals surface area contributed by atoms with Gasteiger partial charge in [0.05, 0.1) is 5.56 Å². The minimum atomic E-state index is -0.990. The summed E-state index contributed by atoms with van der Waals surface area (Å²) in [4.78, 5) is 21.1. The van der Waals surface area contributed by atoms with Gasteiger partial charge in [0.25, 0.3) is 0 Å². The maximum atomic E-state index is 10.6. The molecule has 0 aliphatic carbocycles. The second-order valence-corrected chi connectivity index (χ2v) is 3.65. The molecule has 0 heterocycles. The van der Waals surface area contributed by atoms with E-state index in [1.807, 2.05) is 0 Å². The van der Waals surface area contributed by atoms with Crippen LogP contribution in [0.1, 0.15) is 24.2 Å². The largest absolute Gasteiger partial charge is 0.480 e. The number of benzene rings is 1. The first-order valence-electron chi connectivity index (χ1n) is 4.43. The van der Waals surface area contributed by atoms with E-state index in [2.05, 4.69) is 0 Å². The molecule has 1 N–H and O–H groups in total. The third kappa shape index (κ3) is 3.09. The van der Waals surface area contributed by atoms with E-state index in [0.717, 1.165) is 0 Å². The molecular formula is C11H12O4. The fourth-order valence-electron chi connectivity index (χ4n) is 0.993. The summed E-state index contributed by atoms with van der Waals surface area (Å²) in [6.45, 7) is 3.26. The Morgan fingerprint density at radius 2 is 1.87 bits per heavy atom. The number of carbonyl (C=O) groups is 2. The average molecular weight is 208 g/mol. The Hall–Kier alpha value is -1.84. The van der Waals surface area contributed by atoms with Crippen LogP contribution in [0.4, 0.5) is 0 Å². The zero-order valence-corrected chi connectivity index (χ0v) is 8.56. The minimum absolute atomic E-state index is 0.186. The molecule has 4 heteroatoms. The van der Waals surface area contributed by atoms with Crippen molar-refractivity contribution in [2.45, 2.75) is 19.4 Å². The van der Waals surface area contributed by atoms with Crippen LogP contribution in [0.15, 0.2) is 24.3 Å². The van der Waals surface area contributed by atoms with Gasteiger partial charge in [-0.15, -0.1) is 0 Å². The summed E-state index contributed by atoms with van der Waals surface area (Å²) in [6, 6.07) is 5.90. The van der Waals surface area contributed by atoms with Gasteiger partial charge in [-0.2, -0.15) is 0 Å². The van der Waals surface area contributed by atoms with Gasteiger partial charge in [0.2, 0.25) is 0 Å². The monoisotopic (exact) mass is 208 g/mol. The van der Waals surface area contributed by atoms with Crippen LogP contribution in [0.25, 0.3) is 0 Å². The summed E-state index contributed by atoms with van der Waals surface area (Å²) in [5.74, 6) is -0.520. The Labute approximate surface area is 87.5 Å². The third-order valence-corrected chi connectivity index (χ3v) is 1.77. The molecule has 15 heavy (non-hydrogen) atoms. The predicted molar refractivity (Wildman–Crippen MR) is 54.2 cm³/mol. The van der Waals surface area contributed by atoms with Crippen LogP contribution in [0.2, 0.25) is 0 Å². The van der Waals surface area contributed by atoms with E-state index in [9.17, 15) is 9.59 Å². The summed E-state index contributed by atoms with van der Waals surface area (Å²) in [5.41, 5.74) is -0.712. The van der Waals surface area contributed by atoms with Crippen LogP contribution in [0.3, 0.4) is 0 Å². The van der Waals surface area contributed by atoms with Crippen molar-refractivity contribution in [3.63, 3.8) is 0 Å². The second kappa shape index (κ2) is 4.13. The van der Waals surface area contributed by atoms with Crippen LogP contribution < -0.4 is 4.74 Å². The normalized spacial score (nSPS) is 10.8. The molecule has 0 bridgehead atoms. The van der Waals surface area contributed by atoms with Gasteiger partial charge in [0, 0.05) is 0 Å². The maximum absolute atomic E-state index is 10.6. The van der Waals surface area contributed by atoms with Gasteiger partial charge in [0.15, 0.2) is 11.9 Å². The van der Waals surface area contributed by atoms with Crippen LogP contribution >= 0.6 is 0 Å². The molecule has 0 atom stereocenters. The quantitative estimate of drug-likeness (QED) is 0.765. The van der Waals surface area contributed by atoms with Crippen LogP contribution in [0.5, 0.6) is 5.75 Å². The van der Waals surface area contributed by atoms with E-state index in [-0.39, 0.29) is 5.56 Å². The van der Waals surface area contributed by atoms with Crippen molar-refractivity contribution >= 4 is 12.3 Å². The molecule has 0 amide bonds. The summed E-state index contributed by atoms with van der Waals surface area (Å²) in [7, 11) is 0. The number of carboxylic acid groups (broad SMARTS) is 1. The van der Waals surface area contributed by atoms with Crippen molar-refractivity contribution in [3.05, 3.63) is 29.8 Å². The molecule has 0 aliphatic rings. The van der Waals surface area contributed by atoms with Crippen molar-refractivity contribution < 1.29 is 19.4 Å². The third-order valence-electron chi connectivity index (χ3n) is 1.77. The van der Waals surface area contributed by atoms with Crippen LogP contribution in [0, 0.1) is 0 Å². The van der Waals surface area contributed by atoms with Gasteiger partial charge in [-0.3, -0.25) is 4.79 Å². The number of carbonyl (C=O) groups excluding carboxylic acids is 1. The Balaban J connectivity index is 2.81. The van der Waals surface area contributed by atoms with Gasteiger partial charge >= 0.3 is 5.97 Å². The highest BCUT2D eigenvalue weighted by atomic mass is 16.5. The van der Waals surface area contributed by atoms with E-state index < -0.39 is 11.6 Å². The molecule has 0 saturated heterocycles. The number of carboxylic acids is 1. The van der Waals surface area contributed by atoms with Gasteiger partial charge in [0.1, 0.15) is 5.75 Å². The average Bonchev–Trinajstić information content (AvgIpc) is 2.18. The number of aldehydes is 1. The lowest BCUT2D eigenvalue weighted by atomic mass is 10.1. The summed E-state index contributed by atoms with van der Waals surface area (Å²) in [5, 5.41) is 8.66. The fourth-order valence-corrected chi connectivity index (χ4v) is 0.993. The first kappa shape index (κ1) is 11.2. The molecule has 1 aromatic rings. The molecule has 4 nitrogen and oxygen atoms in total. The number of hydrogen-bond acceptors (Lipinski definition) is 3. The molecular weight excluding hydrogens is 196 g/mol. The number of rotatable bonds is 4. The van der Waals surface area contributed by atoms with Crippen molar-refractivity contribution in [3.8, 4) is 5.75 Å². The van der Waals surface area contributed by atoms with Crippen LogP contribution in [-0.4, -0.2) is 23.0 Å². The zero-order valence-electron chi connectivity index (χ0n) is 8.56. The highest BCUT2D eigenvalue weighted by molar-refractivity contribution is 5.87. The van der Waals surface area contributed by atoms with Crippen LogP contribution in [-0.2, 0) is 4.79 Å². The van der Waals surface area contributed by atoms with E-state index in [1.54, 1.807) is 13.8 Å². The molecule has 0 unspecified atom stereocenters. The first-order chi connectivity index (χ1) is 6.94. The van der Waals surface area contributed by atoms with E-state index in [0.29, 0.717) is 12.0 Å². The number of aromatic carboxylic acids is 1. The highest BCUT2D eigenvalue weighted by Crippen LogP contribution is 2.17. The van der Waals surface area contributed by atoms with E-state index in [4.69, 9.17) is 9.84 Å². The zero-order chi connectivity index (χ0) is 11.5. The predicted octanol–water partition coefficient (Wildman–Crippen LogP) is 1.74. The topological polar surface area (TPSA) is 63.6 Å². The summed E-state index contributed by atoms with van der Waals surface area (Å²) >= 11 is 0. The Bertz CT molecular complexity index is 365.